The van der Waals surface area contributed by atoms with Crippen molar-refractivity contribution in [3.05, 3.63) is 34.6 Å². The van der Waals surface area contributed by atoms with Crippen molar-refractivity contribution < 1.29 is 0 Å². The van der Waals surface area contributed by atoms with Gasteiger partial charge in [-0.1, -0.05) is 6.08 Å². The molecule has 2 atom stereocenters. The molecule has 1 aromatic rings. The number of allylic oxidation sites excluding steroid dienone is 1. The molecule has 2 nitrogen and oxygen atoms in total. The molecule has 0 aromatic carbocycles. The minimum absolute atomic E-state index is 0.589. The van der Waals surface area contributed by atoms with E-state index in [9.17, 15) is 0 Å². The first-order valence-corrected chi connectivity index (χ1v) is 5.68. The van der Waals surface area contributed by atoms with Crippen LogP contribution in [0.25, 0.3) is 5.57 Å². The second-order valence-electron chi connectivity index (χ2n) is 3.93. The van der Waals surface area contributed by atoms with E-state index in [1.165, 1.54) is 24.1 Å². The lowest BCUT2D eigenvalue weighted by atomic mass is 9.89. The Labute approximate surface area is 91.6 Å². The molecule has 1 aromatic heterocycles. The molecule has 72 valence electrons. The summed E-state index contributed by atoms with van der Waals surface area (Å²) >= 11 is 3.45. The van der Waals surface area contributed by atoms with Gasteiger partial charge in [0, 0.05) is 29.5 Å². The van der Waals surface area contributed by atoms with Gasteiger partial charge in [0.2, 0.25) is 0 Å². The fourth-order valence-electron chi connectivity index (χ4n) is 2.26. The molecule has 0 bridgehead atoms. The molecule has 3 heteroatoms. The van der Waals surface area contributed by atoms with E-state index in [0.29, 0.717) is 6.04 Å². The highest BCUT2D eigenvalue weighted by molar-refractivity contribution is 9.10. The van der Waals surface area contributed by atoms with Gasteiger partial charge in [-0.15, -0.1) is 0 Å². The number of pyridine rings is 1. The minimum atomic E-state index is 0.589. The Bertz CT molecular complexity index is 400. The Morgan fingerprint density at radius 2 is 2.36 bits per heavy atom. The first-order valence-electron chi connectivity index (χ1n) is 4.89. The summed E-state index contributed by atoms with van der Waals surface area (Å²) in [6.07, 6.45) is 7.34. The maximum absolute atomic E-state index is 4.20. The van der Waals surface area contributed by atoms with Crippen molar-refractivity contribution in [1.82, 2.24) is 10.3 Å². The molecule has 0 spiro atoms. The molecule has 1 aliphatic heterocycles. The molecule has 1 fully saturated rings. The Morgan fingerprint density at radius 1 is 1.43 bits per heavy atom. The van der Waals surface area contributed by atoms with Crippen LogP contribution < -0.4 is 5.32 Å². The lowest BCUT2D eigenvalue weighted by Crippen LogP contribution is -2.50. The van der Waals surface area contributed by atoms with Crippen molar-refractivity contribution in [3.63, 3.8) is 0 Å². The van der Waals surface area contributed by atoms with E-state index >= 15 is 0 Å². The Morgan fingerprint density at radius 3 is 3.00 bits per heavy atom. The smallest absolute Gasteiger partial charge is 0.0410 e. The minimum Gasteiger partial charge on any atom is -0.309 e. The number of hydrogen-bond donors (Lipinski definition) is 1. The number of fused-ring (bicyclic) bond motifs is 1. The zero-order valence-corrected chi connectivity index (χ0v) is 9.29. The molecular weight excluding hydrogens is 240 g/mol. The molecule has 2 aliphatic rings. The van der Waals surface area contributed by atoms with Crippen LogP contribution in [-0.2, 0) is 0 Å². The lowest BCUT2D eigenvalue weighted by Gasteiger charge is -2.34. The van der Waals surface area contributed by atoms with Crippen molar-refractivity contribution in [1.29, 1.82) is 0 Å². The molecule has 1 saturated heterocycles. The van der Waals surface area contributed by atoms with Gasteiger partial charge in [0.25, 0.3) is 0 Å². The third-order valence-electron chi connectivity index (χ3n) is 3.09. The first-order chi connectivity index (χ1) is 6.84. The van der Waals surface area contributed by atoms with E-state index in [-0.39, 0.29) is 0 Å². The SMILES string of the molecule is Brc1cncc(C2=CC[C@H]3CN[C@@H]23)c1. The molecule has 0 saturated carbocycles. The van der Waals surface area contributed by atoms with Crippen molar-refractivity contribution in [2.45, 2.75) is 12.5 Å². The van der Waals surface area contributed by atoms with Gasteiger partial charge in [0.05, 0.1) is 0 Å². The van der Waals surface area contributed by atoms with Crippen LogP contribution in [0.15, 0.2) is 29.0 Å². The van der Waals surface area contributed by atoms with Crippen LogP contribution in [0.3, 0.4) is 0 Å². The fraction of sp³-hybridized carbons (Fsp3) is 0.364. The van der Waals surface area contributed by atoms with E-state index in [2.05, 4.69) is 38.4 Å². The van der Waals surface area contributed by atoms with Crippen LogP contribution in [0, 0.1) is 5.92 Å². The zero-order valence-electron chi connectivity index (χ0n) is 7.70. The third-order valence-corrected chi connectivity index (χ3v) is 3.52. The average molecular weight is 251 g/mol. The molecule has 0 unspecified atom stereocenters. The summed E-state index contributed by atoms with van der Waals surface area (Å²) in [5.41, 5.74) is 2.68. The number of nitrogens with one attached hydrogen (secondary N) is 1. The predicted molar refractivity (Wildman–Crippen MR) is 59.8 cm³/mol. The van der Waals surface area contributed by atoms with Crippen LogP contribution in [0.5, 0.6) is 0 Å². The molecule has 3 rings (SSSR count). The van der Waals surface area contributed by atoms with Crippen LogP contribution in [0.1, 0.15) is 12.0 Å². The number of rotatable bonds is 1. The number of halogens is 1. The highest BCUT2D eigenvalue weighted by Crippen LogP contribution is 2.37. The largest absolute Gasteiger partial charge is 0.309 e. The zero-order chi connectivity index (χ0) is 9.54. The van der Waals surface area contributed by atoms with Gasteiger partial charge in [0.15, 0.2) is 0 Å². The summed E-state index contributed by atoms with van der Waals surface area (Å²) in [5.74, 6) is 0.837. The van der Waals surface area contributed by atoms with Crippen molar-refractivity contribution in [3.8, 4) is 0 Å². The quantitative estimate of drug-likeness (QED) is 0.827. The molecule has 0 amide bonds. The van der Waals surface area contributed by atoms with E-state index in [4.69, 9.17) is 0 Å². The molecule has 14 heavy (non-hydrogen) atoms. The number of nitrogens with zero attached hydrogens (tertiary/aromatic N) is 1. The Hall–Kier alpha value is -0.670. The van der Waals surface area contributed by atoms with Gasteiger partial charge < -0.3 is 5.32 Å². The maximum atomic E-state index is 4.20. The Kier molecular flexibility index (Phi) is 1.96. The number of aromatic nitrogens is 1. The van der Waals surface area contributed by atoms with Crippen LogP contribution >= 0.6 is 15.9 Å². The van der Waals surface area contributed by atoms with Crippen molar-refractivity contribution in [2.75, 3.05) is 6.54 Å². The predicted octanol–water partition coefficient (Wildman–Crippen LogP) is 2.22. The molecule has 2 heterocycles. The van der Waals surface area contributed by atoms with Crippen molar-refractivity contribution in [2.24, 2.45) is 5.92 Å². The van der Waals surface area contributed by atoms with Crippen LogP contribution in [0.4, 0.5) is 0 Å². The van der Waals surface area contributed by atoms with Crippen molar-refractivity contribution >= 4 is 21.5 Å². The van der Waals surface area contributed by atoms with E-state index < -0.39 is 0 Å². The summed E-state index contributed by atoms with van der Waals surface area (Å²) < 4.78 is 1.05. The first kappa shape index (κ1) is 8.62. The maximum Gasteiger partial charge on any atom is 0.0410 e. The highest BCUT2D eigenvalue weighted by atomic mass is 79.9. The summed E-state index contributed by atoms with van der Waals surface area (Å²) in [5, 5.41) is 3.46. The summed E-state index contributed by atoms with van der Waals surface area (Å²) in [7, 11) is 0. The summed E-state index contributed by atoms with van der Waals surface area (Å²) in [4.78, 5) is 4.20. The Balaban J connectivity index is 1.95. The lowest BCUT2D eigenvalue weighted by molar-refractivity contribution is 0.307. The normalized spacial score (nSPS) is 29.4. The molecule has 1 aliphatic carbocycles. The van der Waals surface area contributed by atoms with E-state index in [1.807, 2.05) is 12.4 Å². The van der Waals surface area contributed by atoms with Gasteiger partial charge in [-0.3, -0.25) is 4.98 Å². The van der Waals surface area contributed by atoms with Gasteiger partial charge in [0.1, 0.15) is 0 Å². The average Bonchev–Trinajstić information content (AvgIpc) is 2.41. The molecular formula is C11H11BrN2. The summed E-state index contributed by atoms with van der Waals surface area (Å²) in [6, 6.07) is 2.73. The molecule has 1 N–H and O–H groups in total. The highest BCUT2D eigenvalue weighted by Gasteiger charge is 2.37. The number of hydrogen-bond acceptors (Lipinski definition) is 2. The van der Waals surface area contributed by atoms with Crippen LogP contribution in [0.2, 0.25) is 0 Å². The second-order valence-corrected chi connectivity index (χ2v) is 4.85. The van der Waals surface area contributed by atoms with Crippen LogP contribution in [-0.4, -0.2) is 17.6 Å². The molecule has 0 radical (unpaired) electrons. The van der Waals surface area contributed by atoms with Gasteiger partial charge in [-0.2, -0.15) is 0 Å². The van der Waals surface area contributed by atoms with Gasteiger partial charge in [-0.05, 0) is 45.5 Å². The topological polar surface area (TPSA) is 24.9 Å². The third kappa shape index (κ3) is 1.23. The fourth-order valence-corrected chi connectivity index (χ4v) is 2.62. The van der Waals surface area contributed by atoms with E-state index in [0.717, 1.165) is 10.4 Å². The monoisotopic (exact) mass is 250 g/mol. The standard InChI is InChI=1S/C11H11BrN2/c12-9-3-8(4-13-6-9)10-2-1-7-5-14-11(7)10/h2-4,6-7,11,14H,1,5H2/t7-,11+/m0/s1. The summed E-state index contributed by atoms with van der Waals surface area (Å²) in [6.45, 7) is 1.17. The second kappa shape index (κ2) is 3.17. The van der Waals surface area contributed by atoms with Gasteiger partial charge in [-0.25, -0.2) is 0 Å². The van der Waals surface area contributed by atoms with Gasteiger partial charge >= 0.3 is 0 Å². The van der Waals surface area contributed by atoms with E-state index in [1.54, 1.807) is 0 Å².